The number of benzene rings is 2. The quantitative estimate of drug-likeness (QED) is 0.675. The maximum absolute atomic E-state index is 11.8. The number of hydrogen-bond acceptors (Lipinski definition) is 1. The third kappa shape index (κ3) is 5.70. The summed E-state index contributed by atoms with van der Waals surface area (Å²) in [6, 6.07) is 13.6. The van der Waals surface area contributed by atoms with Crippen LogP contribution in [0, 0.1) is 0 Å². The molecule has 0 unspecified atom stereocenters. The lowest BCUT2D eigenvalue weighted by Gasteiger charge is -2.03. The molecule has 0 aliphatic carbocycles. The van der Waals surface area contributed by atoms with Crippen LogP contribution < -0.4 is 0 Å². The topological polar surface area (TPSA) is 17.1 Å². The van der Waals surface area contributed by atoms with Crippen molar-refractivity contribution in [2.45, 2.75) is 6.18 Å². The van der Waals surface area contributed by atoms with Crippen LogP contribution in [-0.4, -0.2) is 6.29 Å². The van der Waals surface area contributed by atoms with Gasteiger partial charge >= 0.3 is 6.18 Å². The summed E-state index contributed by atoms with van der Waals surface area (Å²) in [6.45, 7) is 0. The van der Waals surface area contributed by atoms with Crippen molar-refractivity contribution in [3.63, 3.8) is 0 Å². The first-order valence-electron chi connectivity index (χ1n) is 5.26. The number of rotatable bonds is 1. The Morgan fingerprint density at radius 2 is 1.42 bits per heavy atom. The van der Waals surface area contributed by atoms with Gasteiger partial charge in [0.2, 0.25) is 0 Å². The Hall–Kier alpha value is -1.62. The lowest BCUT2D eigenvalue weighted by atomic mass is 10.2. The van der Waals surface area contributed by atoms with Gasteiger partial charge in [0, 0.05) is 10.0 Å². The molecule has 0 heterocycles. The number of alkyl halides is 3. The highest BCUT2D eigenvalue weighted by molar-refractivity contribution is 9.10. The molecule has 1 nitrogen and oxygen atoms in total. The Morgan fingerprint density at radius 1 is 0.895 bits per heavy atom. The van der Waals surface area contributed by atoms with E-state index in [1.54, 1.807) is 18.2 Å². The van der Waals surface area contributed by atoms with Gasteiger partial charge in [0.15, 0.2) is 0 Å². The molecule has 0 fully saturated rings. The molecule has 0 spiro atoms. The standard InChI is InChI=1S/C7H5BrO.C7H5F3/c8-7-3-1-6(5-9)2-4-7;8-7(9,10)6-4-2-1-3-5-6/h1-5H;1-5H. The van der Waals surface area contributed by atoms with Crippen LogP contribution in [0.25, 0.3) is 0 Å². The number of carbonyl (C=O) groups excluding carboxylic acids is 1. The van der Waals surface area contributed by atoms with E-state index in [0.717, 1.165) is 22.9 Å². The minimum Gasteiger partial charge on any atom is -0.298 e. The van der Waals surface area contributed by atoms with Crippen molar-refractivity contribution in [3.05, 3.63) is 70.2 Å². The van der Waals surface area contributed by atoms with Crippen LogP contribution in [0.15, 0.2) is 59.1 Å². The molecule has 0 amide bonds. The first-order chi connectivity index (χ1) is 8.93. The zero-order chi connectivity index (χ0) is 14.3. The van der Waals surface area contributed by atoms with E-state index in [1.165, 1.54) is 12.1 Å². The van der Waals surface area contributed by atoms with Gasteiger partial charge in [-0.25, -0.2) is 0 Å². The maximum atomic E-state index is 11.8. The first-order valence-corrected chi connectivity index (χ1v) is 6.06. The van der Waals surface area contributed by atoms with Crippen molar-refractivity contribution in [3.8, 4) is 0 Å². The van der Waals surface area contributed by atoms with Crippen LogP contribution in [0.3, 0.4) is 0 Å². The summed E-state index contributed by atoms with van der Waals surface area (Å²) < 4.78 is 36.4. The molecule has 0 saturated heterocycles. The normalized spacial score (nSPS) is 10.3. The molecule has 0 aliphatic heterocycles. The van der Waals surface area contributed by atoms with Gasteiger partial charge in [-0.1, -0.05) is 58.4 Å². The number of hydrogen-bond donors (Lipinski definition) is 0. The number of aldehydes is 1. The first kappa shape index (κ1) is 15.4. The summed E-state index contributed by atoms with van der Waals surface area (Å²) in [4.78, 5) is 10.1. The van der Waals surface area contributed by atoms with Crippen LogP contribution in [0.2, 0.25) is 0 Å². The molecule has 5 heteroatoms. The summed E-state index contributed by atoms with van der Waals surface area (Å²) >= 11 is 3.26. The van der Waals surface area contributed by atoms with Crippen LogP contribution in [0.4, 0.5) is 13.2 Å². The fraction of sp³-hybridized carbons (Fsp3) is 0.0714. The number of halogens is 4. The predicted molar refractivity (Wildman–Crippen MR) is 71.0 cm³/mol. The molecule has 0 radical (unpaired) electrons. The van der Waals surface area contributed by atoms with Crippen LogP contribution >= 0.6 is 15.9 Å². The highest BCUT2D eigenvalue weighted by Crippen LogP contribution is 2.28. The Morgan fingerprint density at radius 3 is 1.79 bits per heavy atom. The van der Waals surface area contributed by atoms with E-state index in [1.807, 2.05) is 12.1 Å². The molecule has 100 valence electrons. The van der Waals surface area contributed by atoms with Gasteiger partial charge in [-0.2, -0.15) is 13.2 Å². The van der Waals surface area contributed by atoms with E-state index in [2.05, 4.69) is 15.9 Å². The van der Waals surface area contributed by atoms with Crippen LogP contribution in [-0.2, 0) is 6.18 Å². The van der Waals surface area contributed by atoms with Crippen molar-refractivity contribution in [2.75, 3.05) is 0 Å². The Bertz CT molecular complexity index is 506. The van der Waals surface area contributed by atoms with E-state index >= 15 is 0 Å². The molecule has 2 rings (SSSR count). The van der Waals surface area contributed by atoms with Gasteiger partial charge in [0.25, 0.3) is 0 Å². The molecule has 0 bridgehead atoms. The van der Waals surface area contributed by atoms with Crippen molar-refractivity contribution in [1.29, 1.82) is 0 Å². The van der Waals surface area contributed by atoms with Gasteiger partial charge in [0.05, 0.1) is 5.56 Å². The summed E-state index contributed by atoms with van der Waals surface area (Å²) in [6.07, 6.45) is -3.38. The lowest BCUT2D eigenvalue weighted by Crippen LogP contribution is -2.03. The van der Waals surface area contributed by atoms with Gasteiger partial charge in [0.1, 0.15) is 6.29 Å². The molecule has 2 aromatic carbocycles. The second-order valence-corrected chi connectivity index (χ2v) is 4.45. The SMILES string of the molecule is FC(F)(F)c1ccccc1.O=Cc1ccc(Br)cc1. The van der Waals surface area contributed by atoms with E-state index in [4.69, 9.17) is 0 Å². The predicted octanol–water partition coefficient (Wildman–Crippen LogP) is 4.97. The van der Waals surface area contributed by atoms with E-state index in [-0.39, 0.29) is 0 Å². The molecule has 2 aromatic rings. The van der Waals surface area contributed by atoms with Crippen molar-refractivity contribution >= 4 is 22.2 Å². The monoisotopic (exact) mass is 330 g/mol. The Labute approximate surface area is 117 Å². The third-order valence-electron chi connectivity index (χ3n) is 2.11. The van der Waals surface area contributed by atoms with Crippen LogP contribution in [0.5, 0.6) is 0 Å². The summed E-state index contributed by atoms with van der Waals surface area (Å²) in [5.41, 5.74) is 0.105. The molecule has 0 atom stereocenters. The van der Waals surface area contributed by atoms with Crippen LogP contribution in [0.1, 0.15) is 15.9 Å². The number of carbonyl (C=O) groups is 1. The van der Waals surface area contributed by atoms with E-state index in [9.17, 15) is 18.0 Å². The lowest BCUT2D eigenvalue weighted by molar-refractivity contribution is -0.137. The smallest absolute Gasteiger partial charge is 0.298 e. The van der Waals surface area contributed by atoms with Crippen molar-refractivity contribution < 1.29 is 18.0 Å². The molecular weight excluding hydrogens is 321 g/mol. The fourth-order valence-electron chi connectivity index (χ4n) is 1.17. The molecule has 0 N–H and O–H groups in total. The Balaban J connectivity index is 0.000000191. The summed E-state index contributed by atoms with van der Waals surface area (Å²) in [5, 5.41) is 0. The zero-order valence-corrected chi connectivity index (χ0v) is 11.3. The molecule has 19 heavy (non-hydrogen) atoms. The second-order valence-electron chi connectivity index (χ2n) is 3.53. The largest absolute Gasteiger partial charge is 0.416 e. The maximum Gasteiger partial charge on any atom is 0.416 e. The van der Waals surface area contributed by atoms with Gasteiger partial charge in [-0.15, -0.1) is 0 Å². The third-order valence-corrected chi connectivity index (χ3v) is 2.64. The second kappa shape index (κ2) is 7.09. The highest BCUT2D eigenvalue weighted by Gasteiger charge is 2.29. The summed E-state index contributed by atoms with van der Waals surface area (Å²) in [5.74, 6) is 0. The highest BCUT2D eigenvalue weighted by atomic mass is 79.9. The van der Waals surface area contributed by atoms with E-state index < -0.39 is 11.7 Å². The zero-order valence-electron chi connectivity index (χ0n) is 9.69. The summed E-state index contributed by atoms with van der Waals surface area (Å²) in [7, 11) is 0. The molecular formula is C14H10BrF3O. The van der Waals surface area contributed by atoms with Gasteiger partial charge in [-0.3, -0.25) is 4.79 Å². The fourth-order valence-corrected chi connectivity index (χ4v) is 1.43. The molecule has 0 aromatic heterocycles. The minimum atomic E-state index is -4.21. The van der Waals surface area contributed by atoms with Crippen molar-refractivity contribution in [2.24, 2.45) is 0 Å². The average molecular weight is 331 g/mol. The molecule has 0 aliphatic rings. The average Bonchev–Trinajstić information content (AvgIpc) is 2.40. The van der Waals surface area contributed by atoms with Crippen molar-refractivity contribution in [1.82, 2.24) is 0 Å². The van der Waals surface area contributed by atoms with Gasteiger partial charge < -0.3 is 0 Å². The van der Waals surface area contributed by atoms with Gasteiger partial charge in [-0.05, 0) is 12.1 Å². The molecule has 0 saturated carbocycles. The van der Waals surface area contributed by atoms with E-state index in [0.29, 0.717) is 5.56 Å². The Kier molecular flexibility index (Phi) is 5.76. The minimum absolute atomic E-state index is 0.602.